The van der Waals surface area contributed by atoms with E-state index in [0.717, 1.165) is 0 Å². The topological polar surface area (TPSA) is 19.0 Å². The van der Waals surface area contributed by atoms with E-state index in [2.05, 4.69) is 171 Å². The number of H-pyrrole nitrogens is 1. The summed E-state index contributed by atoms with van der Waals surface area (Å²) in [6, 6.07) is 51.3. The van der Waals surface area contributed by atoms with Gasteiger partial charge in [0.15, 0.2) is 7.28 Å². The maximum Gasteiger partial charge on any atom is 0.197 e. The van der Waals surface area contributed by atoms with Gasteiger partial charge in [0.05, 0.1) is 16.7 Å². The van der Waals surface area contributed by atoms with Gasteiger partial charge in [0, 0.05) is 38.5 Å². The molecular formula is C43H30BN2. The van der Waals surface area contributed by atoms with E-state index in [-0.39, 0.29) is 5.41 Å². The van der Waals surface area contributed by atoms with Crippen molar-refractivity contribution in [1.29, 1.82) is 0 Å². The first-order valence-electron chi connectivity index (χ1n) is 16.1. The predicted molar refractivity (Wildman–Crippen MR) is 196 cm³/mol. The van der Waals surface area contributed by atoms with Crippen LogP contribution in [0.3, 0.4) is 0 Å². The Labute approximate surface area is 269 Å². The van der Waals surface area contributed by atoms with E-state index in [1.165, 1.54) is 93.9 Å². The third-order valence-corrected chi connectivity index (χ3v) is 10.4. The van der Waals surface area contributed by atoms with Crippen molar-refractivity contribution in [1.82, 2.24) is 4.98 Å². The largest absolute Gasteiger partial charge is 0.353 e. The molecule has 0 aliphatic carbocycles. The van der Waals surface area contributed by atoms with E-state index >= 15 is 0 Å². The molecule has 1 aromatic heterocycles. The lowest BCUT2D eigenvalue weighted by atomic mass is 9.55. The molecule has 1 radical (unpaired) electrons. The molecule has 0 amide bonds. The first kappa shape index (κ1) is 25.8. The van der Waals surface area contributed by atoms with Gasteiger partial charge in [-0.05, 0) is 56.9 Å². The van der Waals surface area contributed by atoms with Gasteiger partial charge in [-0.3, -0.25) is 0 Å². The molecule has 3 heteroatoms. The van der Waals surface area contributed by atoms with Gasteiger partial charge in [-0.2, -0.15) is 0 Å². The zero-order valence-corrected chi connectivity index (χ0v) is 25.8. The number of benzene rings is 7. The van der Waals surface area contributed by atoms with Crippen LogP contribution in [0.25, 0.3) is 54.8 Å². The predicted octanol–water partition coefficient (Wildman–Crippen LogP) is 9.89. The molecule has 0 spiro atoms. The molecule has 0 unspecified atom stereocenters. The molecule has 215 valence electrons. The summed E-state index contributed by atoms with van der Waals surface area (Å²) < 4.78 is 0. The van der Waals surface area contributed by atoms with Crippen molar-refractivity contribution in [2.45, 2.75) is 19.3 Å². The van der Waals surface area contributed by atoms with Crippen LogP contribution in [0.2, 0.25) is 0 Å². The van der Waals surface area contributed by atoms with Crippen molar-refractivity contribution in [3.8, 4) is 22.3 Å². The Hall–Kier alpha value is -5.54. The third kappa shape index (κ3) is 3.43. The third-order valence-electron chi connectivity index (χ3n) is 10.4. The highest BCUT2D eigenvalue weighted by molar-refractivity contribution is 6.73. The smallest absolute Gasteiger partial charge is 0.197 e. The molecule has 46 heavy (non-hydrogen) atoms. The fraction of sp³-hybridized carbons (Fsp3) is 0.0698. The summed E-state index contributed by atoms with van der Waals surface area (Å²) in [5.74, 6) is 0. The van der Waals surface area contributed by atoms with Crippen LogP contribution in [-0.2, 0) is 5.41 Å². The minimum absolute atomic E-state index is 0.109. The van der Waals surface area contributed by atoms with Crippen molar-refractivity contribution in [2.75, 3.05) is 4.90 Å². The zero-order valence-electron chi connectivity index (χ0n) is 25.8. The molecular weight excluding hydrogens is 555 g/mol. The molecule has 0 saturated carbocycles. The van der Waals surface area contributed by atoms with Gasteiger partial charge < -0.3 is 9.88 Å². The van der Waals surface area contributed by atoms with Crippen LogP contribution in [-0.4, -0.2) is 12.3 Å². The Morgan fingerprint density at radius 3 is 2.20 bits per heavy atom. The van der Waals surface area contributed by atoms with Crippen LogP contribution in [0.15, 0.2) is 140 Å². The lowest BCUT2D eigenvalue weighted by molar-refractivity contribution is 0.632. The molecule has 3 heterocycles. The molecule has 10 rings (SSSR count). The van der Waals surface area contributed by atoms with Crippen molar-refractivity contribution < 1.29 is 0 Å². The minimum atomic E-state index is -0.109. The second-order valence-electron chi connectivity index (χ2n) is 13.3. The first-order chi connectivity index (χ1) is 22.6. The molecule has 0 fully saturated rings. The first-order valence-corrected chi connectivity index (χ1v) is 16.1. The fourth-order valence-electron chi connectivity index (χ4n) is 8.19. The van der Waals surface area contributed by atoms with Gasteiger partial charge in [-0.15, -0.1) is 0 Å². The number of fused-ring (bicyclic) bond motifs is 9. The number of nitrogens with one attached hydrogen (secondary N) is 1. The summed E-state index contributed by atoms with van der Waals surface area (Å²) in [7, 11) is 2.43. The SMILES string of the molecule is CC1(C)c2ccccc2N2c3cc(-c4ccccc4)cc(-c4cccc5c4[nH]c4c6ccccc6ccc54)c3[B]c3cccc1c32. The molecule has 2 aliphatic rings. The minimum Gasteiger partial charge on any atom is -0.353 e. The van der Waals surface area contributed by atoms with E-state index in [1.54, 1.807) is 0 Å². The van der Waals surface area contributed by atoms with Crippen molar-refractivity contribution in [3.63, 3.8) is 0 Å². The normalized spacial score (nSPS) is 14.2. The molecule has 7 aromatic carbocycles. The Bertz CT molecular complexity index is 2540. The highest BCUT2D eigenvalue weighted by Gasteiger charge is 2.41. The summed E-state index contributed by atoms with van der Waals surface area (Å²) in [6.45, 7) is 4.72. The van der Waals surface area contributed by atoms with Crippen molar-refractivity contribution in [2.24, 2.45) is 0 Å². The van der Waals surface area contributed by atoms with Crippen LogP contribution < -0.4 is 15.8 Å². The average Bonchev–Trinajstić information content (AvgIpc) is 3.50. The highest BCUT2D eigenvalue weighted by Crippen LogP contribution is 2.52. The van der Waals surface area contributed by atoms with E-state index in [1.807, 2.05) is 0 Å². The Morgan fingerprint density at radius 1 is 0.543 bits per heavy atom. The summed E-state index contributed by atoms with van der Waals surface area (Å²) in [4.78, 5) is 6.45. The van der Waals surface area contributed by atoms with Crippen LogP contribution in [0.1, 0.15) is 25.0 Å². The molecule has 8 aromatic rings. The number of nitrogens with zero attached hydrogens (tertiary/aromatic N) is 1. The number of hydrogen-bond donors (Lipinski definition) is 1. The summed E-state index contributed by atoms with van der Waals surface area (Å²) >= 11 is 0. The lowest BCUT2D eigenvalue weighted by Crippen LogP contribution is -2.45. The zero-order chi connectivity index (χ0) is 30.6. The fourth-order valence-corrected chi connectivity index (χ4v) is 8.19. The van der Waals surface area contributed by atoms with Gasteiger partial charge in [-0.1, -0.05) is 141 Å². The van der Waals surface area contributed by atoms with E-state index in [9.17, 15) is 0 Å². The standard InChI is InChI=1S/C43H30BN2/c1-43(2)34-18-8-9-21-37(34)46-38-25-28(26-12-4-3-5-13-26)24-33(39(38)44-36-20-11-19-35(43)42(36)46)31-17-10-16-30-32-23-22-27-14-6-7-15-29(27)40(32)45-41(30)31/h3-25,45H,1-2H3. The Morgan fingerprint density at radius 2 is 1.28 bits per heavy atom. The summed E-state index contributed by atoms with van der Waals surface area (Å²) in [6.07, 6.45) is 0. The van der Waals surface area contributed by atoms with Crippen LogP contribution in [0.5, 0.6) is 0 Å². The van der Waals surface area contributed by atoms with Gasteiger partial charge >= 0.3 is 0 Å². The second kappa shape index (κ2) is 9.25. The van der Waals surface area contributed by atoms with Crippen LogP contribution in [0, 0.1) is 0 Å². The van der Waals surface area contributed by atoms with Crippen molar-refractivity contribution >= 4 is 67.8 Å². The molecule has 2 nitrogen and oxygen atoms in total. The van der Waals surface area contributed by atoms with E-state index in [4.69, 9.17) is 0 Å². The van der Waals surface area contributed by atoms with E-state index in [0.29, 0.717) is 0 Å². The van der Waals surface area contributed by atoms with Gasteiger partial charge in [0.2, 0.25) is 0 Å². The maximum absolute atomic E-state index is 3.92. The monoisotopic (exact) mass is 585 g/mol. The van der Waals surface area contributed by atoms with Crippen molar-refractivity contribution in [3.05, 3.63) is 151 Å². The average molecular weight is 586 g/mol. The van der Waals surface area contributed by atoms with Gasteiger partial charge in [0.1, 0.15) is 0 Å². The molecule has 1 N–H and O–H groups in total. The summed E-state index contributed by atoms with van der Waals surface area (Å²) in [5, 5.41) is 5.01. The quantitative estimate of drug-likeness (QED) is 0.200. The number of aromatic amines is 1. The highest BCUT2D eigenvalue weighted by atomic mass is 15.2. The van der Waals surface area contributed by atoms with Gasteiger partial charge in [-0.25, -0.2) is 0 Å². The van der Waals surface area contributed by atoms with E-state index < -0.39 is 0 Å². The summed E-state index contributed by atoms with van der Waals surface area (Å²) in [5.41, 5.74) is 16.1. The second-order valence-corrected chi connectivity index (χ2v) is 13.3. The molecule has 0 atom stereocenters. The van der Waals surface area contributed by atoms with Crippen LogP contribution in [0.4, 0.5) is 17.1 Å². The van der Waals surface area contributed by atoms with Crippen LogP contribution >= 0.6 is 0 Å². The molecule has 0 saturated heterocycles. The number of aromatic nitrogens is 1. The number of para-hydroxylation sites is 3. The Kier molecular flexibility index (Phi) is 5.18. The van der Waals surface area contributed by atoms with Gasteiger partial charge in [0.25, 0.3) is 0 Å². The number of rotatable bonds is 2. The lowest BCUT2D eigenvalue weighted by Gasteiger charge is -2.46. The maximum atomic E-state index is 3.92. The number of anilines is 3. The number of hydrogen-bond acceptors (Lipinski definition) is 1. The Balaban J connectivity index is 1.31. The molecule has 0 bridgehead atoms. The molecule has 2 aliphatic heterocycles.